The van der Waals surface area contributed by atoms with Crippen molar-refractivity contribution in [3.63, 3.8) is 0 Å². The zero-order valence-electron chi connectivity index (χ0n) is 17.5. The lowest BCUT2D eigenvalue weighted by Crippen LogP contribution is -2.57. The second-order valence-electron chi connectivity index (χ2n) is 7.50. The third-order valence-corrected chi connectivity index (χ3v) is 6.08. The number of carbonyl (C=O) groups is 1. The zero-order valence-corrected chi connectivity index (χ0v) is 18.3. The number of carbonyl (C=O) groups excluding carboxylic acids is 1. The summed E-state index contributed by atoms with van der Waals surface area (Å²) in [5.74, 6) is 0.792. The molecule has 2 aromatic rings. The summed E-state index contributed by atoms with van der Waals surface area (Å²) >= 11 is 0. The predicted molar refractivity (Wildman–Crippen MR) is 116 cm³/mol. The molecule has 1 amide bonds. The summed E-state index contributed by atoms with van der Waals surface area (Å²) in [5.41, 5.74) is 3.12. The molecule has 0 saturated carbocycles. The number of methoxy groups -OCH3 is 2. The van der Waals surface area contributed by atoms with E-state index in [2.05, 4.69) is 10.8 Å². The van der Waals surface area contributed by atoms with Crippen LogP contribution in [0, 0.1) is 0 Å². The number of hydrogen-bond acceptors (Lipinski definition) is 5. The van der Waals surface area contributed by atoms with E-state index < -0.39 is 16.1 Å². The van der Waals surface area contributed by atoms with E-state index in [1.165, 1.54) is 7.11 Å². The molecule has 30 heavy (non-hydrogen) atoms. The van der Waals surface area contributed by atoms with E-state index in [9.17, 15) is 13.2 Å². The number of ether oxygens (including phenoxy) is 2. The van der Waals surface area contributed by atoms with Crippen LogP contribution in [0.1, 0.15) is 18.4 Å². The topological polar surface area (TPSA) is 84.9 Å². The summed E-state index contributed by atoms with van der Waals surface area (Å²) in [6.45, 7) is 0.539. The molecule has 7 nitrogen and oxygen atoms in total. The molecular formula is C22H28N2O5S. The van der Waals surface area contributed by atoms with Crippen molar-refractivity contribution in [3.05, 3.63) is 54.1 Å². The van der Waals surface area contributed by atoms with Crippen molar-refractivity contribution in [2.24, 2.45) is 0 Å². The molecule has 2 aromatic carbocycles. The van der Waals surface area contributed by atoms with Gasteiger partial charge in [-0.3, -0.25) is 0 Å². The number of amides is 1. The van der Waals surface area contributed by atoms with Crippen molar-refractivity contribution in [2.45, 2.75) is 31.3 Å². The molecule has 162 valence electrons. The minimum absolute atomic E-state index is 0.327. The molecule has 0 aromatic heterocycles. The smallest absolute Gasteiger partial charge is 0.409 e. The number of piperidine rings is 1. The largest absolute Gasteiger partial charge is 0.497 e. The summed E-state index contributed by atoms with van der Waals surface area (Å²) in [4.78, 5) is 14.0. The van der Waals surface area contributed by atoms with Crippen LogP contribution in [0.5, 0.6) is 5.75 Å². The number of benzene rings is 2. The Morgan fingerprint density at radius 2 is 1.87 bits per heavy atom. The van der Waals surface area contributed by atoms with Crippen LogP contribution >= 0.6 is 0 Å². The second-order valence-corrected chi connectivity index (χ2v) is 9.28. The first-order chi connectivity index (χ1) is 14.3. The van der Waals surface area contributed by atoms with Gasteiger partial charge in [-0.15, -0.1) is 0 Å². The quantitative estimate of drug-likeness (QED) is 0.758. The Hall–Kier alpha value is -2.58. The highest BCUT2D eigenvalue weighted by atomic mass is 32.2. The van der Waals surface area contributed by atoms with Crippen LogP contribution in [0.25, 0.3) is 11.1 Å². The fraction of sp³-hybridized carbons (Fsp3) is 0.409. The minimum atomic E-state index is -3.40. The fourth-order valence-electron chi connectivity index (χ4n) is 3.97. The molecule has 1 N–H and O–H groups in total. The Morgan fingerprint density at radius 1 is 1.13 bits per heavy atom. The molecule has 0 bridgehead atoms. The van der Waals surface area contributed by atoms with Gasteiger partial charge in [0.25, 0.3) is 0 Å². The first-order valence-corrected chi connectivity index (χ1v) is 11.7. The average Bonchev–Trinajstić information content (AvgIpc) is 2.73. The van der Waals surface area contributed by atoms with Crippen molar-refractivity contribution in [2.75, 3.05) is 27.0 Å². The van der Waals surface area contributed by atoms with Crippen LogP contribution in [0.4, 0.5) is 4.79 Å². The molecule has 0 aliphatic carbocycles. The van der Waals surface area contributed by atoms with Crippen LogP contribution in [-0.2, 0) is 21.2 Å². The number of likely N-dealkylation sites (tertiary alicyclic amines) is 1. The van der Waals surface area contributed by atoms with Crippen LogP contribution in [-0.4, -0.2) is 58.5 Å². The molecule has 3 rings (SSSR count). The van der Waals surface area contributed by atoms with Gasteiger partial charge in [0.1, 0.15) is 5.75 Å². The highest BCUT2D eigenvalue weighted by Gasteiger charge is 2.36. The molecule has 1 aliphatic heterocycles. The van der Waals surface area contributed by atoms with Gasteiger partial charge in [0.05, 0.1) is 26.5 Å². The number of sulfonamides is 1. The van der Waals surface area contributed by atoms with Crippen molar-refractivity contribution < 1.29 is 22.7 Å². The van der Waals surface area contributed by atoms with Crippen molar-refractivity contribution >= 4 is 16.1 Å². The summed E-state index contributed by atoms with van der Waals surface area (Å²) in [7, 11) is -0.426. The van der Waals surface area contributed by atoms with Crippen LogP contribution < -0.4 is 9.46 Å². The van der Waals surface area contributed by atoms with E-state index in [1.807, 2.05) is 42.5 Å². The maximum atomic E-state index is 12.3. The van der Waals surface area contributed by atoms with E-state index in [-0.39, 0.29) is 12.1 Å². The number of rotatable bonds is 6. The Balaban J connectivity index is 1.88. The molecular weight excluding hydrogens is 404 g/mol. The van der Waals surface area contributed by atoms with Gasteiger partial charge in [-0.2, -0.15) is 0 Å². The fourth-order valence-corrected chi connectivity index (χ4v) is 4.79. The van der Waals surface area contributed by atoms with Crippen molar-refractivity contribution in [1.82, 2.24) is 9.62 Å². The Morgan fingerprint density at radius 3 is 2.50 bits per heavy atom. The SMILES string of the molecule is COC(=O)N1CCCC(NS(C)(=O)=O)C1Cc1cccc(-c2ccc(OC)cc2)c1. The average molecular weight is 433 g/mol. The maximum absolute atomic E-state index is 12.3. The third-order valence-electron chi connectivity index (χ3n) is 5.35. The van der Waals surface area contributed by atoms with Gasteiger partial charge < -0.3 is 14.4 Å². The van der Waals surface area contributed by atoms with Crippen LogP contribution in [0.15, 0.2) is 48.5 Å². The lowest BCUT2D eigenvalue weighted by molar-refractivity contribution is 0.0792. The van der Waals surface area contributed by atoms with Crippen LogP contribution in [0.3, 0.4) is 0 Å². The normalized spacial score (nSPS) is 19.4. The highest BCUT2D eigenvalue weighted by Crippen LogP contribution is 2.27. The van der Waals surface area contributed by atoms with E-state index in [1.54, 1.807) is 12.0 Å². The lowest BCUT2D eigenvalue weighted by atomic mass is 9.90. The predicted octanol–water partition coefficient (Wildman–Crippen LogP) is 3.05. The van der Waals surface area contributed by atoms with Gasteiger partial charge in [0.2, 0.25) is 10.0 Å². The maximum Gasteiger partial charge on any atom is 0.409 e. The molecule has 8 heteroatoms. The summed E-state index contributed by atoms with van der Waals surface area (Å²) < 4.78 is 36.6. The zero-order chi connectivity index (χ0) is 21.7. The van der Waals surface area contributed by atoms with Crippen LogP contribution in [0.2, 0.25) is 0 Å². The number of hydrogen-bond donors (Lipinski definition) is 1. The van der Waals surface area contributed by atoms with E-state index in [0.717, 1.165) is 28.7 Å². The molecule has 1 saturated heterocycles. The Labute approximate surface area is 178 Å². The molecule has 1 heterocycles. The van der Waals surface area contributed by atoms with Gasteiger partial charge in [0.15, 0.2) is 0 Å². The van der Waals surface area contributed by atoms with Gasteiger partial charge >= 0.3 is 6.09 Å². The van der Waals surface area contributed by atoms with E-state index >= 15 is 0 Å². The number of nitrogens with one attached hydrogen (secondary N) is 1. The van der Waals surface area contributed by atoms with Gasteiger partial charge in [-0.1, -0.05) is 36.4 Å². The summed E-state index contributed by atoms with van der Waals surface area (Å²) in [6.07, 6.45) is 2.61. The van der Waals surface area contributed by atoms with Crippen molar-refractivity contribution in [1.29, 1.82) is 0 Å². The van der Waals surface area contributed by atoms with E-state index in [0.29, 0.717) is 25.8 Å². The standard InChI is InChI=1S/C22H28N2O5S/c1-28-19-11-9-17(10-12-19)18-7-4-6-16(14-18)15-21-20(23-30(3,26)27)8-5-13-24(21)22(25)29-2/h4,6-7,9-12,14,20-21,23H,5,8,13,15H2,1-3H3. The lowest BCUT2D eigenvalue weighted by Gasteiger charge is -2.40. The second kappa shape index (κ2) is 9.49. The first-order valence-electron chi connectivity index (χ1n) is 9.86. The van der Waals surface area contributed by atoms with Crippen molar-refractivity contribution in [3.8, 4) is 16.9 Å². The Kier molecular flexibility index (Phi) is 6.99. The van der Waals surface area contributed by atoms with Gasteiger partial charge in [0, 0.05) is 12.6 Å². The molecule has 1 fully saturated rings. The van der Waals surface area contributed by atoms with Gasteiger partial charge in [-0.25, -0.2) is 17.9 Å². The summed E-state index contributed by atoms with van der Waals surface area (Å²) in [5, 5.41) is 0. The number of nitrogens with zero attached hydrogens (tertiary/aromatic N) is 1. The minimum Gasteiger partial charge on any atom is -0.497 e. The molecule has 1 aliphatic rings. The highest BCUT2D eigenvalue weighted by molar-refractivity contribution is 7.88. The molecule has 0 radical (unpaired) electrons. The molecule has 0 spiro atoms. The van der Waals surface area contributed by atoms with E-state index in [4.69, 9.17) is 9.47 Å². The first kappa shape index (κ1) is 22.1. The third kappa shape index (κ3) is 5.52. The summed E-state index contributed by atoms with van der Waals surface area (Å²) in [6, 6.07) is 15.2. The molecule has 2 unspecified atom stereocenters. The molecule has 2 atom stereocenters. The Bertz CT molecular complexity index is 975. The van der Waals surface area contributed by atoms with Gasteiger partial charge in [-0.05, 0) is 48.1 Å². The monoisotopic (exact) mass is 432 g/mol.